The number of rotatable bonds is 11. The Balaban J connectivity index is 1.39. The summed E-state index contributed by atoms with van der Waals surface area (Å²) in [5, 5.41) is 5.81. The van der Waals surface area contributed by atoms with Gasteiger partial charge in [-0.3, -0.25) is 0 Å². The third-order valence-corrected chi connectivity index (χ3v) is 11.6. The van der Waals surface area contributed by atoms with Crippen LogP contribution in [-0.4, -0.2) is 25.4 Å². The van der Waals surface area contributed by atoms with Crippen LogP contribution in [0.4, 0.5) is 5.69 Å². The van der Waals surface area contributed by atoms with Crippen molar-refractivity contribution in [3.8, 4) is 0 Å². The number of nitrogens with zero attached hydrogens (tertiary/aromatic N) is 1. The summed E-state index contributed by atoms with van der Waals surface area (Å²) in [4.78, 5) is 2.61. The molecule has 37 heavy (non-hydrogen) atoms. The zero-order chi connectivity index (χ0) is 25.1. The second-order valence-corrected chi connectivity index (χ2v) is 13.6. The molecule has 184 valence electrons. The van der Waals surface area contributed by atoms with E-state index in [4.69, 9.17) is 0 Å². The van der Waals surface area contributed by atoms with E-state index in [1.807, 2.05) is 0 Å². The summed E-state index contributed by atoms with van der Waals surface area (Å²) >= 11 is 0. The van der Waals surface area contributed by atoms with Gasteiger partial charge in [0.05, 0.1) is 0 Å². The van der Waals surface area contributed by atoms with E-state index in [1.54, 1.807) is 0 Å². The predicted molar refractivity (Wildman–Crippen MR) is 167 cm³/mol. The molecule has 0 aliphatic carbocycles. The molecule has 0 aliphatic rings. The normalized spacial score (nSPS) is 11.1. The van der Waals surface area contributed by atoms with Gasteiger partial charge in [0, 0.05) is 18.8 Å². The first-order valence-corrected chi connectivity index (χ1v) is 16.0. The van der Waals surface area contributed by atoms with Crippen molar-refractivity contribution in [3.05, 3.63) is 152 Å². The van der Waals surface area contributed by atoms with Gasteiger partial charge in [0.25, 0.3) is 0 Å². The molecule has 3 heteroatoms. The molecule has 0 unspecified atom stereocenters. The largest absolute Gasteiger partial charge is 0.371 e. The number of hydrogen-bond donors (Lipinski definition) is 0. The van der Waals surface area contributed by atoms with E-state index in [0.29, 0.717) is 0 Å². The number of para-hydroxylation sites is 1. The van der Waals surface area contributed by atoms with Crippen LogP contribution in [0.2, 0.25) is 0 Å². The monoisotopic (exact) mass is 517 g/mol. The summed E-state index contributed by atoms with van der Waals surface area (Å²) < 4.78 is 0. The SMILES string of the molecule is c1ccc(N(CCP(c2ccccc2)c2ccccc2)CCP(c2ccccc2)c2ccccc2)cc1. The average molecular weight is 518 g/mol. The van der Waals surface area contributed by atoms with Gasteiger partial charge in [-0.15, -0.1) is 0 Å². The van der Waals surface area contributed by atoms with Crippen LogP contribution in [0, 0.1) is 0 Å². The highest BCUT2D eigenvalue weighted by Gasteiger charge is 2.19. The molecule has 0 fully saturated rings. The van der Waals surface area contributed by atoms with E-state index in [0.717, 1.165) is 25.4 Å². The highest BCUT2D eigenvalue weighted by atomic mass is 31.1. The van der Waals surface area contributed by atoms with Crippen LogP contribution in [0.1, 0.15) is 0 Å². The Morgan fingerprint density at radius 1 is 0.351 bits per heavy atom. The number of benzene rings is 5. The van der Waals surface area contributed by atoms with Crippen LogP contribution >= 0.6 is 15.8 Å². The average Bonchev–Trinajstić information content (AvgIpc) is 2.99. The van der Waals surface area contributed by atoms with Gasteiger partial charge in [0.1, 0.15) is 0 Å². The molecule has 0 bridgehead atoms. The quantitative estimate of drug-likeness (QED) is 0.175. The molecule has 0 aliphatic heterocycles. The fourth-order valence-electron chi connectivity index (χ4n) is 4.70. The molecule has 0 saturated heterocycles. The second kappa shape index (κ2) is 13.3. The van der Waals surface area contributed by atoms with Crippen molar-refractivity contribution in [2.45, 2.75) is 0 Å². The maximum Gasteiger partial charge on any atom is 0.0366 e. The van der Waals surface area contributed by atoms with Gasteiger partial charge in [-0.25, -0.2) is 0 Å². The molecule has 0 saturated carbocycles. The van der Waals surface area contributed by atoms with E-state index in [9.17, 15) is 0 Å². The molecule has 0 radical (unpaired) electrons. The van der Waals surface area contributed by atoms with Crippen molar-refractivity contribution in [1.82, 2.24) is 0 Å². The lowest BCUT2D eigenvalue weighted by atomic mass is 10.3. The Labute approximate surface area is 224 Å². The van der Waals surface area contributed by atoms with Gasteiger partial charge in [-0.1, -0.05) is 140 Å². The molecule has 0 heterocycles. The first-order chi connectivity index (χ1) is 18.4. The number of hydrogen-bond acceptors (Lipinski definition) is 1. The smallest absolute Gasteiger partial charge is 0.0366 e. The van der Waals surface area contributed by atoms with E-state index in [-0.39, 0.29) is 0 Å². The van der Waals surface area contributed by atoms with Crippen LogP contribution < -0.4 is 26.1 Å². The maximum absolute atomic E-state index is 2.61. The second-order valence-electron chi connectivity index (χ2n) is 8.97. The number of anilines is 1. The first kappa shape index (κ1) is 25.4. The molecule has 0 atom stereocenters. The molecule has 5 rings (SSSR count). The standard InChI is InChI=1S/C34H33NP2/c1-6-16-30(17-7-1)35(26-28-36(31-18-8-2-9-19-31)32-20-10-3-11-21-32)27-29-37(33-22-12-4-13-23-33)34-24-14-5-15-25-34/h1-25H,26-29H2. The summed E-state index contributed by atoms with van der Waals surface area (Å²) in [6, 6.07) is 55.3. The molecule has 5 aromatic carbocycles. The van der Waals surface area contributed by atoms with Crippen LogP contribution in [-0.2, 0) is 0 Å². The zero-order valence-corrected chi connectivity index (χ0v) is 22.9. The lowest BCUT2D eigenvalue weighted by Crippen LogP contribution is -2.32. The molecule has 0 spiro atoms. The minimum atomic E-state index is -0.424. The Hall–Kier alpha value is -3.24. The minimum absolute atomic E-state index is 0.424. The zero-order valence-electron chi connectivity index (χ0n) is 21.1. The minimum Gasteiger partial charge on any atom is -0.371 e. The fourth-order valence-corrected chi connectivity index (χ4v) is 9.34. The topological polar surface area (TPSA) is 3.24 Å². The van der Waals surface area contributed by atoms with Gasteiger partial charge in [-0.2, -0.15) is 0 Å². The Bertz CT molecular complexity index is 1150. The maximum atomic E-state index is 2.61. The Morgan fingerprint density at radius 2 is 0.622 bits per heavy atom. The molecular formula is C34H33NP2. The van der Waals surface area contributed by atoms with Crippen LogP contribution in [0.3, 0.4) is 0 Å². The Kier molecular flexibility index (Phi) is 9.17. The van der Waals surface area contributed by atoms with Crippen molar-refractivity contribution >= 4 is 42.7 Å². The van der Waals surface area contributed by atoms with Gasteiger partial charge in [0.2, 0.25) is 0 Å². The predicted octanol–water partition coefficient (Wildman–Crippen LogP) is 6.76. The van der Waals surface area contributed by atoms with Gasteiger partial charge in [-0.05, 0) is 61.5 Å². The van der Waals surface area contributed by atoms with Crippen LogP contribution in [0.15, 0.2) is 152 Å². The van der Waals surface area contributed by atoms with Crippen LogP contribution in [0.5, 0.6) is 0 Å². The summed E-state index contributed by atoms with van der Waals surface area (Å²) in [6.45, 7) is 2.07. The van der Waals surface area contributed by atoms with Gasteiger partial charge < -0.3 is 4.90 Å². The molecule has 1 nitrogen and oxygen atoms in total. The lowest BCUT2D eigenvalue weighted by Gasteiger charge is -2.30. The third kappa shape index (κ3) is 6.95. The summed E-state index contributed by atoms with van der Waals surface area (Å²) in [5.74, 6) is 0. The Morgan fingerprint density at radius 3 is 0.919 bits per heavy atom. The molecule has 0 N–H and O–H groups in total. The summed E-state index contributed by atoms with van der Waals surface area (Å²) in [6.07, 6.45) is 2.26. The van der Waals surface area contributed by atoms with Crippen molar-refractivity contribution < 1.29 is 0 Å². The third-order valence-electron chi connectivity index (χ3n) is 6.58. The highest BCUT2D eigenvalue weighted by Crippen LogP contribution is 2.36. The molecule has 5 aromatic rings. The van der Waals surface area contributed by atoms with E-state index in [2.05, 4.69) is 157 Å². The summed E-state index contributed by atoms with van der Waals surface area (Å²) in [7, 11) is -0.848. The highest BCUT2D eigenvalue weighted by molar-refractivity contribution is 7.73. The van der Waals surface area contributed by atoms with Crippen LogP contribution in [0.25, 0.3) is 0 Å². The van der Waals surface area contributed by atoms with Gasteiger partial charge in [0.15, 0.2) is 0 Å². The van der Waals surface area contributed by atoms with Crippen molar-refractivity contribution in [3.63, 3.8) is 0 Å². The van der Waals surface area contributed by atoms with Crippen molar-refractivity contribution in [1.29, 1.82) is 0 Å². The summed E-state index contributed by atoms with van der Waals surface area (Å²) in [5.41, 5.74) is 1.31. The van der Waals surface area contributed by atoms with E-state index >= 15 is 0 Å². The molecule has 0 amide bonds. The van der Waals surface area contributed by atoms with Gasteiger partial charge >= 0.3 is 0 Å². The van der Waals surface area contributed by atoms with E-state index in [1.165, 1.54) is 26.9 Å². The molecular weight excluding hydrogens is 484 g/mol. The van der Waals surface area contributed by atoms with Crippen molar-refractivity contribution in [2.75, 3.05) is 30.3 Å². The molecule has 0 aromatic heterocycles. The lowest BCUT2D eigenvalue weighted by molar-refractivity contribution is 0.876. The first-order valence-electron chi connectivity index (χ1n) is 12.9. The van der Waals surface area contributed by atoms with E-state index < -0.39 is 15.8 Å². The van der Waals surface area contributed by atoms with Crippen molar-refractivity contribution in [2.24, 2.45) is 0 Å². The fraction of sp³-hybridized carbons (Fsp3) is 0.118.